The summed E-state index contributed by atoms with van der Waals surface area (Å²) in [6, 6.07) is 12.0. The van der Waals surface area contributed by atoms with Gasteiger partial charge in [-0.3, -0.25) is 9.59 Å². The number of carbonyl (C=O) groups is 2. The molecule has 0 aliphatic heterocycles. The monoisotopic (exact) mass is 611 g/mol. The normalized spacial score (nSPS) is 12.0. The van der Waals surface area contributed by atoms with Crippen LogP contribution in [0.5, 0.6) is 0 Å². The quantitative estimate of drug-likeness (QED) is 0.170. The lowest BCUT2D eigenvalue weighted by atomic mass is 9.98. The van der Waals surface area contributed by atoms with Crippen molar-refractivity contribution in [3.05, 3.63) is 70.8 Å². The molecule has 13 heteroatoms. The minimum atomic E-state index is -2.06. The third kappa shape index (κ3) is 7.35. The number of nitrogens with zero attached hydrogens (tertiary/aromatic N) is 3. The fourth-order valence-corrected chi connectivity index (χ4v) is 4.43. The van der Waals surface area contributed by atoms with Gasteiger partial charge < -0.3 is 5.11 Å². The second-order valence-corrected chi connectivity index (χ2v) is 12.8. The fourth-order valence-electron chi connectivity index (χ4n) is 2.95. The molecule has 6 nitrogen and oxygen atoms in total. The number of ketones is 1. The predicted molar refractivity (Wildman–Crippen MR) is 141 cm³/mol. The number of halogens is 6. The maximum Gasteiger partial charge on any atom is 0.304 e. The number of hydrogen-bond donors (Lipinski definition) is 1. The van der Waals surface area contributed by atoms with E-state index in [4.69, 9.17) is 74.7 Å². The summed E-state index contributed by atoms with van der Waals surface area (Å²) in [5.41, 5.74) is 2.01. The zero-order chi connectivity index (χ0) is 26.0. The molecule has 1 N–H and O–H groups in total. The number of benzene rings is 2. The Balaban J connectivity index is 2.20. The van der Waals surface area contributed by atoms with Crippen LogP contribution in [-0.4, -0.2) is 37.6 Å². The first-order chi connectivity index (χ1) is 16.3. The Kier molecular flexibility index (Phi) is 9.19. The van der Waals surface area contributed by atoms with E-state index in [-0.39, 0.29) is 35.4 Å². The van der Waals surface area contributed by atoms with Crippen molar-refractivity contribution in [2.45, 2.75) is 25.8 Å². The Bertz CT molecular complexity index is 1250. The number of aliphatic carboxylic acids is 1. The number of rotatable bonds is 7. The van der Waals surface area contributed by atoms with Crippen molar-refractivity contribution in [1.82, 2.24) is 15.0 Å². The summed E-state index contributed by atoms with van der Waals surface area (Å²) in [6.07, 6.45) is -0.0933. The van der Waals surface area contributed by atoms with E-state index < -0.39 is 13.6 Å². The van der Waals surface area contributed by atoms with E-state index in [1.54, 1.807) is 30.3 Å². The summed E-state index contributed by atoms with van der Waals surface area (Å²) in [6.45, 7) is 1.83. The van der Waals surface area contributed by atoms with Gasteiger partial charge in [-0.2, -0.15) is 0 Å². The molecule has 0 bridgehead atoms. The molecule has 3 rings (SSSR count). The molecule has 0 saturated carbocycles. The smallest absolute Gasteiger partial charge is 0.304 e. The number of carboxylic acids is 1. The molecule has 0 spiro atoms. The lowest BCUT2D eigenvalue weighted by molar-refractivity contribution is -0.136. The number of aromatic nitrogens is 3. The Hall–Kier alpha value is -1.32. The highest BCUT2D eigenvalue weighted by atomic mass is 35.6. The second-order valence-electron chi connectivity index (χ2n) is 7.15. The van der Waals surface area contributed by atoms with E-state index in [2.05, 4.69) is 15.0 Å². The van der Waals surface area contributed by atoms with Gasteiger partial charge in [-0.15, -0.1) is 11.8 Å². The predicted octanol–water partition coefficient (Wildman–Crippen LogP) is 7.30. The lowest BCUT2D eigenvalue weighted by Crippen LogP contribution is -2.17. The summed E-state index contributed by atoms with van der Waals surface area (Å²) in [7, 11) is 0. The van der Waals surface area contributed by atoms with Gasteiger partial charge in [0.15, 0.2) is 23.3 Å². The molecular weight excluding hydrogens is 599 g/mol. The van der Waals surface area contributed by atoms with Gasteiger partial charge in [0.05, 0.1) is 6.42 Å². The molecule has 1 heterocycles. The summed E-state index contributed by atoms with van der Waals surface area (Å²) in [4.78, 5) is 37.3. The van der Waals surface area contributed by atoms with Crippen LogP contribution in [0.4, 0.5) is 0 Å². The number of carbonyl (C=O) groups excluding carboxylic acids is 1. The van der Waals surface area contributed by atoms with Gasteiger partial charge in [0.2, 0.25) is 7.59 Å². The van der Waals surface area contributed by atoms with Gasteiger partial charge in [0, 0.05) is 27.3 Å². The molecular formula is C22H15Cl6N3O3S. The van der Waals surface area contributed by atoms with Crippen LogP contribution in [-0.2, 0) is 12.4 Å². The average Bonchev–Trinajstić information content (AvgIpc) is 2.77. The number of alkyl halides is 6. The van der Waals surface area contributed by atoms with Crippen LogP contribution in [0.2, 0.25) is 0 Å². The van der Waals surface area contributed by atoms with E-state index in [1.165, 1.54) is 11.8 Å². The summed E-state index contributed by atoms with van der Waals surface area (Å²) in [5, 5.41) is 9.02. The molecule has 0 radical (unpaired) electrons. The van der Waals surface area contributed by atoms with Crippen molar-refractivity contribution in [2.75, 3.05) is 5.75 Å². The van der Waals surface area contributed by atoms with Crippen molar-refractivity contribution >= 4 is 93.1 Å². The van der Waals surface area contributed by atoms with E-state index in [1.807, 2.05) is 19.1 Å². The molecule has 0 fully saturated rings. The van der Waals surface area contributed by atoms with Crippen LogP contribution in [0.15, 0.2) is 47.4 Å². The maximum atomic E-state index is 13.3. The molecule has 0 saturated heterocycles. The molecule has 1 aromatic heterocycles. The van der Waals surface area contributed by atoms with Gasteiger partial charge in [-0.25, -0.2) is 15.0 Å². The molecule has 2 aromatic carbocycles. The van der Waals surface area contributed by atoms with Gasteiger partial charge in [0.1, 0.15) is 0 Å². The van der Waals surface area contributed by atoms with Crippen molar-refractivity contribution in [3.8, 4) is 11.4 Å². The molecule has 184 valence electrons. The topological polar surface area (TPSA) is 93.0 Å². The van der Waals surface area contributed by atoms with Crippen LogP contribution in [0.1, 0.15) is 39.6 Å². The number of thioether (sulfide) groups is 1. The zero-order valence-electron chi connectivity index (χ0n) is 17.7. The minimum absolute atomic E-state index is 0.0140. The van der Waals surface area contributed by atoms with E-state index >= 15 is 0 Å². The average molecular weight is 614 g/mol. The zero-order valence-corrected chi connectivity index (χ0v) is 23.1. The Morgan fingerprint density at radius 2 is 1.51 bits per heavy atom. The van der Waals surface area contributed by atoms with Crippen LogP contribution >= 0.6 is 81.4 Å². The highest BCUT2D eigenvalue weighted by Gasteiger charge is 2.34. The lowest BCUT2D eigenvalue weighted by Gasteiger charge is -2.17. The Morgan fingerprint density at radius 1 is 0.914 bits per heavy atom. The van der Waals surface area contributed by atoms with Gasteiger partial charge in [-0.1, -0.05) is 93.9 Å². The Labute approximate surface area is 235 Å². The van der Waals surface area contributed by atoms with E-state index in [9.17, 15) is 9.59 Å². The molecule has 0 aliphatic rings. The van der Waals surface area contributed by atoms with E-state index in [0.717, 1.165) is 5.56 Å². The summed E-state index contributed by atoms with van der Waals surface area (Å²) in [5.74, 6) is -1.53. The number of carboxylic acid groups (broad SMARTS) is 1. The van der Waals surface area contributed by atoms with Crippen molar-refractivity contribution in [1.29, 1.82) is 0 Å². The third-order valence-corrected chi connectivity index (χ3v) is 6.68. The highest BCUT2D eigenvalue weighted by Crippen LogP contribution is 2.42. The molecule has 3 aromatic rings. The number of aryl methyl sites for hydroxylation is 1. The molecule has 0 unspecified atom stereocenters. The SMILES string of the molecule is Cc1ccccc1C(=O)c1ccc(SCCC(=O)O)c(-c2nc(C(Cl)(Cl)Cl)nc(C(Cl)(Cl)Cl)n2)c1. The molecule has 0 atom stereocenters. The standard InChI is InChI=1S/C22H15Cl6N3O3S/c1-11-4-2-3-5-13(11)17(34)12-6-7-15(35-9-8-16(32)33)14(10-12)18-29-19(21(23,24)25)31-20(30-18)22(26,27)28/h2-7,10H,8-9H2,1H3,(H,32,33). The molecule has 0 amide bonds. The summed E-state index contributed by atoms with van der Waals surface area (Å²) < 4.78 is -4.12. The van der Waals surface area contributed by atoms with Crippen molar-refractivity contribution in [3.63, 3.8) is 0 Å². The van der Waals surface area contributed by atoms with E-state index in [0.29, 0.717) is 21.6 Å². The Morgan fingerprint density at radius 3 is 2.06 bits per heavy atom. The molecule has 0 aliphatic carbocycles. The van der Waals surface area contributed by atoms with Crippen molar-refractivity contribution in [2.24, 2.45) is 0 Å². The maximum absolute atomic E-state index is 13.3. The first kappa shape index (κ1) is 28.3. The van der Waals surface area contributed by atoms with Crippen LogP contribution in [0, 0.1) is 6.92 Å². The highest BCUT2D eigenvalue weighted by molar-refractivity contribution is 7.99. The van der Waals surface area contributed by atoms with Gasteiger partial charge in [-0.05, 0) is 30.7 Å². The largest absolute Gasteiger partial charge is 0.481 e. The minimum Gasteiger partial charge on any atom is -0.481 e. The fraction of sp³-hybridized carbons (Fsp3) is 0.227. The van der Waals surface area contributed by atoms with Gasteiger partial charge in [0.25, 0.3) is 0 Å². The summed E-state index contributed by atoms with van der Waals surface area (Å²) >= 11 is 37.2. The third-order valence-electron chi connectivity index (χ3n) is 4.59. The molecule has 35 heavy (non-hydrogen) atoms. The van der Waals surface area contributed by atoms with Gasteiger partial charge >= 0.3 is 5.97 Å². The van der Waals surface area contributed by atoms with Crippen LogP contribution < -0.4 is 0 Å². The van der Waals surface area contributed by atoms with Crippen LogP contribution in [0.25, 0.3) is 11.4 Å². The number of hydrogen-bond acceptors (Lipinski definition) is 6. The first-order valence-corrected chi connectivity index (χ1v) is 13.0. The van der Waals surface area contributed by atoms with Crippen LogP contribution in [0.3, 0.4) is 0 Å². The van der Waals surface area contributed by atoms with Crippen molar-refractivity contribution < 1.29 is 14.7 Å². The first-order valence-electron chi connectivity index (χ1n) is 9.77. The second kappa shape index (κ2) is 11.4.